The van der Waals surface area contributed by atoms with Crippen molar-refractivity contribution in [3.8, 4) is 0 Å². The van der Waals surface area contributed by atoms with E-state index < -0.39 is 5.60 Å². The fourth-order valence-corrected chi connectivity index (χ4v) is 1.78. The van der Waals surface area contributed by atoms with Crippen LogP contribution in [0.2, 0.25) is 0 Å². The third-order valence-electron chi connectivity index (χ3n) is 2.66. The molecule has 0 saturated carbocycles. The number of nitrogens with zero attached hydrogens (tertiary/aromatic N) is 1. The van der Waals surface area contributed by atoms with Gasteiger partial charge in [0.1, 0.15) is 5.60 Å². The van der Waals surface area contributed by atoms with Gasteiger partial charge in [-0.2, -0.15) is 0 Å². The molecule has 88 valence electrons. The fourth-order valence-electron chi connectivity index (χ4n) is 1.78. The zero-order valence-corrected chi connectivity index (χ0v) is 10.3. The Kier molecular flexibility index (Phi) is 3.60. The molecular formula is C11H22N2O2. The summed E-state index contributed by atoms with van der Waals surface area (Å²) in [5, 5.41) is 3.27. The van der Waals surface area contributed by atoms with E-state index in [0.29, 0.717) is 5.92 Å². The zero-order chi connectivity index (χ0) is 11.6. The molecule has 0 aromatic rings. The first kappa shape index (κ1) is 12.3. The second-order valence-corrected chi connectivity index (χ2v) is 5.29. The van der Waals surface area contributed by atoms with Gasteiger partial charge in [-0.3, -0.25) is 0 Å². The van der Waals surface area contributed by atoms with Gasteiger partial charge in [-0.15, -0.1) is 0 Å². The van der Waals surface area contributed by atoms with Crippen LogP contribution in [0.25, 0.3) is 0 Å². The van der Waals surface area contributed by atoms with E-state index in [9.17, 15) is 4.79 Å². The highest BCUT2D eigenvalue weighted by Gasteiger charge is 2.31. The van der Waals surface area contributed by atoms with Crippen LogP contribution in [-0.4, -0.2) is 42.8 Å². The molecule has 1 saturated heterocycles. The van der Waals surface area contributed by atoms with Crippen LogP contribution in [0.1, 0.15) is 27.7 Å². The van der Waals surface area contributed by atoms with E-state index in [1.165, 1.54) is 0 Å². The van der Waals surface area contributed by atoms with Crippen molar-refractivity contribution < 1.29 is 9.53 Å². The van der Waals surface area contributed by atoms with Gasteiger partial charge in [-0.05, 0) is 33.2 Å². The summed E-state index contributed by atoms with van der Waals surface area (Å²) in [6.07, 6.45) is -0.233. The molecule has 1 aliphatic rings. The van der Waals surface area contributed by atoms with Gasteiger partial charge in [-0.1, -0.05) is 6.92 Å². The Hall–Kier alpha value is -0.770. The number of nitrogens with one attached hydrogen (secondary N) is 1. The van der Waals surface area contributed by atoms with Crippen molar-refractivity contribution in [1.29, 1.82) is 0 Å². The van der Waals surface area contributed by atoms with Crippen molar-refractivity contribution in [2.45, 2.75) is 39.3 Å². The Labute approximate surface area is 92.0 Å². The van der Waals surface area contributed by atoms with Crippen LogP contribution in [0, 0.1) is 5.92 Å². The third-order valence-corrected chi connectivity index (χ3v) is 2.66. The van der Waals surface area contributed by atoms with Crippen molar-refractivity contribution in [3.05, 3.63) is 0 Å². The summed E-state index contributed by atoms with van der Waals surface area (Å²) < 4.78 is 5.32. The molecule has 1 amide bonds. The number of likely N-dealkylation sites (N-methyl/N-ethyl adjacent to an activating group) is 1. The molecule has 15 heavy (non-hydrogen) atoms. The summed E-state index contributed by atoms with van der Waals surface area (Å²) in [5.74, 6) is 0.488. The maximum absolute atomic E-state index is 11.8. The first-order chi connectivity index (χ1) is 6.81. The summed E-state index contributed by atoms with van der Waals surface area (Å²) >= 11 is 0. The highest BCUT2D eigenvalue weighted by atomic mass is 16.6. The molecule has 1 fully saturated rings. The zero-order valence-electron chi connectivity index (χ0n) is 10.3. The van der Waals surface area contributed by atoms with Crippen molar-refractivity contribution in [3.63, 3.8) is 0 Å². The lowest BCUT2D eigenvalue weighted by Crippen LogP contribution is -2.44. The molecule has 0 aromatic heterocycles. The first-order valence-corrected chi connectivity index (χ1v) is 5.48. The van der Waals surface area contributed by atoms with Crippen LogP contribution >= 0.6 is 0 Å². The van der Waals surface area contributed by atoms with E-state index in [1.807, 2.05) is 27.8 Å². The number of amides is 1. The Balaban J connectivity index is 2.52. The number of hydrogen-bond acceptors (Lipinski definition) is 3. The number of hydrogen-bond donors (Lipinski definition) is 1. The molecule has 2 atom stereocenters. The second kappa shape index (κ2) is 4.39. The van der Waals surface area contributed by atoms with Crippen molar-refractivity contribution >= 4 is 6.09 Å². The van der Waals surface area contributed by atoms with Crippen molar-refractivity contribution in [2.24, 2.45) is 5.92 Å². The minimum atomic E-state index is -0.416. The van der Waals surface area contributed by atoms with E-state index in [4.69, 9.17) is 4.74 Å². The molecule has 4 heteroatoms. The summed E-state index contributed by atoms with van der Waals surface area (Å²) in [6, 6.07) is 0.250. The summed E-state index contributed by atoms with van der Waals surface area (Å²) in [6.45, 7) is 9.62. The van der Waals surface area contributed by atoms with Gasteiger partial charge < -0.3 is 15.0 Å². The maximum atomic E-state index is 11.8. The minimum Gasteiger partial charge on any atom is -0.444 e. The van der Waals surface area contributed by atoms with E-state index in [1.54, 1.807) is 4.90 Å². The lowest BCUT2D eigenvalue weighted by molar-refractivity contribution is 0.0207. The first-order valence-electron chi connectivity index (χ1n) is 5.48. The summed E-state index contributed by atoms with van der Waals surface area (Å²) in [4.78, 5) is 13.5. The number of carbonyl (C=O) groups is 1. The Morgan fingerprint density at radius 3 is 2.40 bits per heavy atom. The minimum absolute atomic E-state index is 0.233. The third kappa shape index (κ3) is 3.38. The topological polar surface area (TPSA) is 41.6 Å². The molecule has 0 aromatic carbocycles. The predicted octanol–water partition coefficient (Wildman–Crippen LogP) is 1.46. The smallest absolute Gasteiger partial charge is 0.410 e. The van der Waals surface area contributed by atoms with Gasteiger partial charge in [-0.25, -0.2) is 4.79 Å². The molecule has 0 spiro atoms. The standard InChI is InChI=1S/C11H22N2O2/c1-8-6-12-7-9(8)13(5)10(14)15-11(2,3)4/h8-9,12H,6-7H2,1-5H3. The lowest BCUT2D eigenvalue weighted by atomic mass is 10.1. The van der Waals surface area contributed by atoms with Gasteiger partial charge >= 0.3 is 6.09 Å². The van der Waals surface area contributed by atoms with Gasteiger partial charge in [0.25, 0.3) is 0 Å². The van der Waals surface area contributed by atoms with E-state index in [2.05, 4.69) is 12.2 Å². The SMILES string of the molecule is CC1CNCC1N(C)C(=O)OC(C)(C)C. The summed E-state index contributed by atoms with van der Waals surface area (Å²) in [7, 11) is 1.81. The van der Waals surface area contributed by atoms with Crippen LogP contribution in [0.4, 0.5) is 4.79 Å². The molecule has 1 rings (SSSR count). The van der Waals surface area contributed by atoms with E-state index >= 15 is 0 Å². The van der Waals surface area contributed by atoms with Crippen molar-refractivity contribution in [2.75, 3.05) is 20.1 Å². The average molecular weight is 214 g/mol. The van der Waals surface area contributed by atoms with Gasteiger partial charge in [0, 0.05) is 13.6 Å². The number of carbonyl (C=O) groups excluding carboxylic acids is 1. The number of ether oxygens (including phenoxy) is 1. The Morgan fingerprint density at radius 2 is 2.00 bits per heavy atom. The molecule has 0 bridgehead atoms. The Bertz CT molecular complexity index is 235. The van der Waals surface area contributed by atoms with Crippen molar-refractivity contribution in [1.82, 2.24) is 10.2 Å². The molecule has 0 radical (unpaired) electrons. The molecule has 2 unspecified atom stereocenters. The maximum Gasteiger partial charge on any atom is 0.410 e. The highest BCUT2D eigenvalue weighted by molar-refractivity contribution is 5.68. The monoisotopic (exact) mass is 214 g/mol. The van der Waals surface area contributed by atoms with Gasteiger partial charge in [0.2, 0.25) is 0 Å². The molecule has 1 heterocycles. The highest BCUT2D eigenvalue weighted by Crippen LogP contribution is 2.17. The summed E-state index contributed by atoms with van der Waals surface area (Å²) in [5.41, 5.74) is -0.416. The van der Waals surface area contributed by atoms with Crippen LogP contribution in [0.15, 0.2) is 0 Å². The second-order valence-electron chi connectivity index (χ2n) is 5.29. The fraction of sp³-hybridized carbons (Fsp3) is 0.909. The van der Waals surface area contributed by atoms with E-state index in [0.717, 1.165) is 13.1 Å². The van der Waals surface area contributed by atoms with Gasteiger partial charge in [0.05, 0.1) is 6.04 Å². The molecule has 4 nitrogen and oxygen atoms in total. The van der Waals surface area contributed by atoms with Gasteiger partial charge in [0.15, 0.2) is 0 Å². The lowest BCUT2D eigenvalue weighted by Gasteiger charge is -2.30. The van der Waals surface area contributed by atoms with E-state index in [-0.39, 0.29) is 12.1 Å². The molecule has 0 aliphatic carbocycles. The quantitative estimate of drug-likeness (QED) is 0.718. The van der Waals surface area contributed by atoms with Crippen LogP contribution < -0.4 is 5.32 Å². The number of rotatable bonds is 1. The average Bonchev–Trinajstić information content (AvgIpc) is 2.47. The predicted molar refractivity (Wildman–Crippen MR) is 59.8 cm³/mol. The molecule has 1 aliphatic heterocycles. The van der Waals surface area contributed by atoms with Crippen LogP contribution in [0.3, 0.4) is 0 Å². The Morgan fingerprint density at radius 1 is 1.40 bits per heavy atom. The van der Waals surface area contributed by atoms with Crippen LogP contribution in [-0.2, 0) is 4.74 Å². The molecular weight excluding hydrogens is 192 g/mol. The molecule has 1 N–H and O–H groups in total. The van der Waals surface area contributed by atoms with Crippen LogP contribution in [0.5, 0.6) is 0 Å². The normalized spacial score (nSPS) is 26.5. The largest absolute Gasteiger partial charge is 0.444 e.